The summed E-state index contributed by atoms with van der Waals surface area (Å²) < 4.78 is 9.89. The Hall–Kier alpha value is -2.15. The Morgan fingerprint density at radius 1 is 1.43 bits per heavy atom. The van der Waals surface area contributed by atoms with E-state index in [2.05, 4.69) is 4.98 Å². The zero-order valence-corrected chi connectivity index (χ0v) is 13.2. The van der Waals surface area contributed by atoms with E-state index in [0.717, 1.165) is 25.1 Å². The fourth-order valence-electron chi connectivity index (χ4n) is 3.08. The summed E-state index contributed by atoms with van der Waals surface area (Å²) in [5, 5.41) is 0. The molecule has 0 spiro atoms. The standard InChI is InChI=1S/C16H21N3O4/c1-22-11-15(20)18-7-3-4-12(10-18)13-5-2-6-14(17-13)19-8-9-23-16(19)21/h2,5-6,12H,3-4,7-11H2,1H3/t12-/m1/s1. The van der Waals surface area contributed by atoms with Gasteiger partial charge in [-0.15, -0.1) is 0 Å². The molecule has 0 aliphatic carbocycles. The zero-order chi connectivity index (χ0) is 16.2. The third-order valence-electron chi connectivity index (χ3n) is 4.25. The predicted octanol–water partition coefficient (Wildman–Crippen LogP) is 1.39. The van der Waals surface area contributed by atoms with Crippen LogP contribution in [0.15, 0.2) is 18.2 Å². The maximum atomic E-state index is 12.0. The van der Waals surface area contributed by atoms with Crippen LogP contribution in [-0.2, 0) is 14.3 Å². The summed E-state index contributed by atoms with van der Waals surface area (Å²) in [6.07, 6.45) is 1.57. The lowest BCUT2D eigenvalue weighted by Gasteiger charge is -2.32. The number of anilines is 1. The highest BCUT2D eigenvalue weighted by molar-refractivity contribution is 5.88. The second-order valence-electron chi connectivity index (χ2n) is 5.80. The highest BCUT2D eigenvalue weighted by atomic mass is 16.6. The molecule has 2 amide bonds. The Kier molecular flexibility index (Phi) is 4.76. The monoisotopic (exact) mass is 319 g/mol. The molecule has 0 unspecified atom stereocenters. The van der Waals surface area contributed by atoms with Crippen LogP contribution in [0.2, 0.25) is 0 Å². The normalized spacial score (nSPS) is 21.4. The summed E-state index contributed by atoms with van der Waals surface area (Å²) in [4.78, 5) is 31.7. The molecule has 2 aliphatic heterocycles. The van der Waals surface area contributed by atoms with E-state index in [4.69, 9.17) is 9.47 Å². The third kappa shape index (κ3) is 3.44. The molecule has 3 heterocycles. The number of amides is 2. The van der Waals surface area contributed by atoms with Gasteiger partial charge in [0, 0.05) is 31.8 Å². The lowest BCUT2D eigenvalue weighted by atomic mass is 9.94. The minimum absolute atomic E-state index is 0.0106. The van der Waals surface area contributed by atoms with E-state index in [-0.39, 0.29) is 24.5 Å². The minimum Gasteiger partial charge on any atom is -0.447 e. The van der Waals surface area contributed by atoms with Crippen LogP contribution in [0.1, 0.15) is 24.5 Å². The first-order valence-electron chi connectivity index (χ1n) is 7.87. The molecular formula is C16H21N3O4. The van der Waals surface area contributed by atoms with Gasteiger partial charge >= 0.3 is 6.09 Å². The number of piperidine rings is 1. The molecule has 7 heteroatoms. The van der Waals surface area contributed by atoms with E-state index in [0.29, 0.717) is 25.5 Å². The van der Waals surface area contributed by atoms with Crippen LogP contribution in [0.5, 0.6) is 0 Å². The van der Waals surface area contributed by atoms with Crippen molar-refractivity contribution in [1.82, 2.24) is 9.88 Å². The van der Waals surface area contributed by atoms with Crippen molar-refractivity contribution in [2.45, 2.75) is 18.8 Å². The molecule has 3 rings (SSSR count). The number of cyclic esters (lactones) is 1. The van der Waals surface area contributed by atoms with Crippen molar-refractivity contribution < 1.29 is 19.1 Å². The quantitative estimate of drug-likeness (QED) is 0.838. The average molecular weight is 319 g/mol. The number of aromatic nitrogens is 1. The van der Waals surface area contributed by atoms with Gasteiger partial charge in [-0.05, 0) is 25.0 Å². The topological polar surface area (TPSA) is 72.0 Å². The first-order valence-corrected chi connectivity index (χ1v) is 7.87. The van der Waals surface area contributed by atoms with Crippen LogP contribution in [0.25, 0.3) is 0 Å². The summed E-state index contributed by atoms with van der Waals surface area (Å²) >= 11 is 0. The molecular weight excluding hydrogens is 298 g/mol. The molecule has 2 saturated heterocycles. The summed E-state index contributed by atoms with van der Waals surface area (Å²) in [5.41, 5.74) is 0.914. The fourth-order valence-corrected chi connectivity index (χ4v) is 3.08. The van der Waals surface area contributed by atoms with Crippen molar-refractivity contribution in [1.29, 1.82) is 0 Å². The Labute approximate surface area is 135 Å². The van der Waals surface area contributed by atoms with Crippen LogP contribution in [-0.4, -0.2) is 61.8 Å². The second-order valence-corrected chi connectivity index (χ2v) is 5.80. The molecule has 1 aromatic rings. The molecule has 0 bridgehead atoms. The van der Waals surface area contributed by atoms with Gasteiger partial charge in [-0.1, -0.05) is 6.07 Å². The van der Waals surface area contributed by atoms with Gasteiger partial charge in [-0.2, -0.15) is 0 Å². The first kappa shape index (κ1) is 15.7. The number of ether oxygens (including phenoxy) is 2. The number of pyridine rings is 1. The lowest BCUT2D eigenvalue weighted by Crippen LogP contribution is -2.41. The number of methoxy groups -OCH3 is 1. The van der Waals surface area contributed by atoms with E-state index >= 15 is 0 Å². The number of hydrogen-bond donors (Lipinski definition) is 0. The van der Waals surface area contributed by atoms with Crippen LogP contribution in [0, 0.1) is 0 Å². The third-order valence-corrected chi connectivity index (χ3v) is 4.25. The molecule has 124 valence electrons. The highest BCUT2D eigenvalue weighted by Crippen LogP contribution is 2.27. The summed E-state index contributed by atoms with van der Waals surface area (Å²) in [7, 11) is 1.53. The highest BCUT2D eigenvalue weighted by Gasteiger charge is 2.28. The van der Waals surface area contributed by atoms with Gasteiger partial charge in [0.1, 0.15) is 19.0 Å². The largest absolute Gasteiger partial charge is 0.447 e. The molecule has 0 radical (unpaired) electrons. The van der Waals surface area contributed by atoms with Crippen molar-refractivity contribution in [2.24, 2.45) is 0 Å². The lowest BCUT2D eigenvalue weighted by molar-refractivity contribution is -0.136. The summed E-state index contributed by atoms with van der Waals surface area (Å²) in [6, 6.07) is 5.67. The Balaban J connectivity index is 1.73. The van der Waals surface area contributed by atoms with Crippen LogP contribution < -0.4 is 4.90 Å². The second kappa shape index (κ2) is 6.95. The summed E-state index contributed by atoms with van der Waals surface area (Å²) in [6.45, 7) is 2.44. The van der Waals surface area contributed by atoms with E-state index < -0.39 is 0 Å². The Bertz CT molecular complexity index is 592. The van der Waals surface area contributed by atoms with Crippen molar-refractivity contribution in [2.75, 3.05) is 44.9 Å². The van der Waals surface area contributed by atoms with E-state index in [1.165, 1.54) is 7.11 Å². The number of rotatable bonds is 4. The van der Waals surface area contributed by atoms with Gasteiger partial charge in [0.2, 0.25) is 5.91 Å². The SMILES string of the molecule is COCC(=O)N1CCC[C@@H](c2cccc(N3CCOC3=O)n2)C1. The molecule has 1 atom stereocenters. The van der Waals surface area contributed by atoms with Crippen LogP contribution >= 0.6 is 0 Å². The van der Waals surface area contributed by atoms with Gasteiger partial charge in [0.25, 0.3) is 0 Å². The van der Waals surface area contributed by atoms with Crippen molar-refractivity contribution in [3.8, 4) is 0 Å². The number of hydrogen-bond acceptors (Lipinski definition) is 5. The maximum absolute atomic E-state index is 12.0. The first-order chi connectivity index (χ1) is 11.2. The van der Waals surface area contributed by atoms with Crippen LogP contribution in [0.4, 0.5) is 10.6 Å². The number of likely N-dealkylation sites (tertiary alicyclic amines) is 1. The van der Waals surface area contributed by atoms with Gasteiger partial charge in [-0.25, -0.2) is 9.78 Å². The van der Waals surface area contributed by atoms with Gasteiger partial charge in [-0.3, -0.25) is 9.69 Å². The maximum Gasteiger partial charge on any atom is 0.415 e. The zero-order valence-electron chi connectivity index (χ0n) is 13.2. The number of nitrogens with zero attached hydrogens (tertiary/aromatic N) is 3. The van der Waals surface area contributed by atoms with Crippen molar-refractivity contribution in [3.63, 3.8) is 0 Å². The van der Waals surface area contributed by atoms with Gasteiger partial charge < -0.3 is 14.4 Å². The van der Waals surface area contributed by atoms with Crippen molar-refractivity contribution in [3.05, 3.63) is 23.9 Å². The molecule has 0 saturated carbocycles. The van der Waals surface area contributed by atoms with E-state index in [1.807, 2.05) is 23.1 Å². The average Bonchev–Trinajstić information content (AvgIpc) is 3.01. The molecule has 2 fully saturated rings. The number of carbonyl (C=O) groups excluding carboxylic acids is 2. The molecule has 23 heavy (non-hydrogen) atoms. The van der Waals surface area contributed by atoms with Crippen LogP contribution in [0.3, 0.4) is 0 Å². The molecule has 1 aromatic heterocycles. The fraction of sp³-hybridized carbons (Fsp3) is 0.562. The molecule has 0 N–H and O–H groups in total. The Morgan fingerprint density at radius 2 is 2.30 bits per heavy atom. The van der Waals surface area contributed by atoms with Crippen molar-refractivity contribution >= 4 is 17.8 Å². The van der Waals surface area contributed by atoms with E-state index in [9.17, 15) is 9.59 Å². The molecule has 0 aromatic carbocycles. The molecule has 2 aliphatic rings. The van der Waals surface area contributed by atoms with Gasteiger partial charge in [0.05, 0.1) is 6.54 Å². The molecule has 7 nitrogen and oxygen atoms in total. The smallest absolute Gasteiger partial charge is 0.415 e. The van der Waals surface area contributed by atoms with E-state index in [1.54, 1.807) is 4.90 Å². The summed E-state index contributed by atoms with van der Waals surface area (Å²) in [5.74, 6) is 0.810. The Morgan fingerprint density at radius 3 is 3.04 bits per heavy atom. The minimum atomic E-state index is -0.352. The number of carbonyl (C=O) groups is 2. The predicted molar refractivity (Wildman–Crippen MR) is 83.4 cm³/mol. The van der Waals surface area contributed by atoms with Gasteiger partial charge in [0.15, 0.2) is 0 Å².